The molecule has 0 saturated heterocycles. The summed E-state index contributed by atoms with van der Waals surface area (Å²) in [5.74, 6) is 6.50. The molecule has 0 radical (unpaired) electrons. The van der Waals surface area contributed by atoms with Crippen molar-refractivity contribution in [1.29, 1.82) is 0 Å². The molecule has 88 valence electrons. The number of aryl methyl sites for hydroxylation is 1. The zero-order chi connectivity index (χ0) is 11.5. The normalized spacial score (nSPS) is 25.4. The van der Waals surface area contributed by atoms with E-state index in [1.165, 1.54) is 11.5 Å². The minimum Gasteiger partial charge on any atom is -0.294 e. The van der Waals surface area contributed by atoms with Crippen LogP contribution in [0.25, 0.3) is 0 Å². The fraction of sp³-hybridized carbons (Fsp3) is 0.700. The Labute approximate surface area is 98.6 Å². The number of nitrogens with one attached hydrogen (secondary N) is 1. The van der Waals surface area contributed by atoms with Crippen molar-refractivity contribution in [2.75, 3.05) is 0 Å². The van der Waals surface area contributed by atoms with E-state index in [1.807, 2.05) is 6.92 Å². The summed E-state index contributed by atoms with van der Waals surface area (Å²) in [6, 6.07) is 0. The van der Waals surface area contributed by atoms with Gasteiger partial charge >= 0.3 is 0 Å². The van der Waals surface area contributed by atoms with Gasteiger partial charge in [-0.25, -0.2) is 10.8 Å². The van der Waals surface area contributed by atoms with E-state index in [0.717, 1.165) is 36.5 Å². The van der Waals surface area contributed by atoms with Crippen molar-refractivity contribution in [1.82, 2.24) is 14.8 Å². The molecule has 1 aromatic heterocycles. The third-order valence-corrected chi connectivity index (χ3v) is 4.10. The highest BCUT2D eigenvalue weighted by molar-refractivity contribution is 7.05. The average Bonchev–Trinajstić information content (AvgIpc) is 2.75. The van der Waals surface area contributed by atoms with Crippen LogP contribution < -0.4 is 11.3 Å². The molecule has 5 nitrogen and oxygen atoms in total. The van der Waals surface area contributed by atoms with Gasteiger partial charge in [0.15, 0.2) is 0 Å². The molecule has 0 aliphatic heterocycles. The standard InChI is InChI=1S/C10H16N4OS/c1-6-12-10(16-14-6)8-4-2-7(3-5-8)9(15)13-11/h7-8H,2-5,11H2,1H3,(H,13,15)/t7-,8-. The molecule has 16 heavy (non-hydrogen) atoms. The molecule has 2 rings (SSSR count). The molecular weight excluding hydrogens is 224 g/mol. The number of nitrogens with zero attached hydrogens (tertiary/aromatic N) is 2. The number of carbonyl (C=O) groups is 1. The van der Waals surface area contributed by atoms with Crippen LogP contribution in [0.2, 0.25) is 0 Å². The van der Waals surface area contributed by atoms with Crippen molar-refractivity contribution >= 4 is 17.4 Å². The molecule has 1 amide bonds. The fourth-order valence-corrected chi connectivity index (χ4v) is 3.02. The molecule has 1 fully saturated rings. The Balaban J connectivity index is 1.92. The van der Waals surface area contributed by atoms with E-state index in [1.54, 1.807) is 0 Å². The minimum absolute atomic E-state index is 0.0353. The van der Waals surface area contributed by atoms with Crippen molar-refractivity contribution in [2.45, 2.75) is 38.5 Å². The van der Waals surface area contributed by atoms with Crippen LogP contribution in [0.4, 0.5) is 0 Å². The van der Waals surface area contributed by atoms with Crippen LogP contribution in [0.3, 0.4) is 0 Å². The predicted molar refractivity (Wildman–Crippen MR) is 61.7 cm³/mol. The number of rotatable bonds is 2. The largest absolute Gasteiger partial charge is 0.294 e. The van der Waals surface area contributed by atoms with Gasteiger partial charge in [0.25, 0.3) is 0 Å². The van der Waals surface area contributed by atoms with Crippen molar-refractivity contribution in [3.63, 3.8) is 0 Å². The molecule has 0 bridgehead atoms. The quantitative estimate of drug-likeness (QED) is 0.461. The number of hydrazine groups is 1. The second-order valence-corrected chi connectivity index (χ2v) is 5.02. The van der Waals surface area contributed by atoms with Gasteiger partial charge in [0.2, 0.25) is 5.91 Å². The lowest BCUT2D eigenvalue weighted by Gasteiger charge is -2.25. The molecule has 1 saturated carbocycles. The fourth-order valence-electron chi connectivity index (χ4n) is 2.20. The van der Waals surface area contributed by atoms with Gasteiger partial charge in [-0.1, -0.05) is 0 Å². The first-order valence-corrected chi connectivity index (χ1v) is 6.28. The van der Waals surface area contributed by atoms with Crippen LogP contribution in [0.5, 0.6) is 0 Å². The second-order valence-electron chi connectivity index (χ2n) is 4.24. The zero-order valence-corrected chi connectivity index (χ0v) is 10.1. The summed E-state index contributed by atoms with van der Waals surface area (Å²) in [5, 5.41) is 1.11. The first kappa shape index (κ1) is 11.5. The third kappa shape index (κ3) is 2.38. The Kier molecular flexibility index (Phi) is 3.50. The number of nitrogens with two attached hydrogens (primary N) is 1. The minimum atomic E-state index is -0.0353. The summed E-state index contributed by atoms with van der Waals surface area (Å²) in [4.78, 5) is 15.8. The predicted octanol–water partition coefficient (Wildman–Crippen LogP) is 1.11. The van der Waals surface area contributed by atoms with Gasteiger partial charge in [-0.2, -0.15) is 4.37 Å². The topological polar surface area (TPSA) is 80.9 Å². The maximum Gasteiger partial charge on any atom is 0.236 e. The highest BCUT2D eigenvalue weighted by atomic mass is 32.1. The lowest BCUT2D eigenvalue weighted by molar-refractivity contribution is -0.126. The van der Waals surface area contributed by atoms with E-state index in [2.05, 4.69) is 14.8 Å². The summed E-state index contributed by atoms with van der Waals surface area (Å²) >= 11 is 1.49. The van der Waals surface area contributed by atoms with E-state index in [9.17, 15) is 4.79 Å². The summed E-state index contributed by atoms with van der Waals surface area (Å²) < 4.78 is 4.19. The van der Waals surface area contributed by atoms with Crippen LogP contribution in [0.1, 0.15) is 42.4 Å². The molecule has 0 aromatic carbocycles. The van der Waals surface area contributed by atoms with Gasteiger partial charge < -0.3 is 0 Å². The van der Waals surface area contributed by atoms with E-state index >= 15 is 0 Å². The van der Waals surface area contributed by atoms with Crippen molar-refractivity contribution in [2.24, 2.45) is 11.8 Å². The molecular formula is C10H16N4OS. The highest BCUT2D eigenvalue weighted by Crippen LogP contribution is 2.36. The number of aromatic nitrogens is 2. The Morgan fingerprint density at radius 1 is 1.44 bits per heavy atom. The van der Waals surface area contributed by atoms with Crippen LogP contribution >= 0.6 is 11.5 Å². The zero-order valence-electron chi connectivity index (χ0n) is 9.27. The van der Waals surface area contributed by atoms with E-state index in [-0.39, 0.29) is 11.8 Å². The molecule has 0 spiro atoms. The number of hydrogen-bond donors (Lipinski definition) is 2. The van der Waals surface area contributed by atoms with Crippen molar-refractivity contribution in [3.05, 3.63) is 10.8 Å². The number of hydrogen-bond acceptors (Lipinski definition) is 5. The molecule has 1 aliphatic carbocycles. The Morgan fingerprint density at radius 3 is 2.62 bits per heavy atom. The summed E-state index contributed by atoms with van der Waals surface area (Å²) in [6.45, 7) is 1.91. The maximum absolute atomic E-state index is 11.4. The molecule has 1 aliphatic rings. The Morgan fingerprint density at radius 2 is 2.12 bits per heavy atom. The lowest BCUT2D eigenvalue weighted by Crippen LogP contribution is -2.37. The van der Waals surface area contributed by atoms with Gasteiger partial charge in [-0.15, -0.1) is 0 Å². The molecule has 6 heteroatoms. The van der Waals surface area contributed by atoms with Gasteiger partial charge in [0, 0.05) is 11.8 Å². The smallest absolute Gasteiger partial charge is 0.236 e. The number of carbonyl (C=O) groups excluding carboxylic acids is 1. The first-order valence-electron chi connectivity index (χ1n) is 5.51. The summed E-state index contributed by atoms with van der Waals surface area (Å²) in [5.41, 5.74) is 2.23. The van der Waals surface area contributed by atoms with Crippen molar-refractivity contribution < 1.29 is 4.79 Å². The van der Waals surface area contributed by atoms with E-state index in [4.69, 9.17) is 5.84 Å². The SMILES string of the molecule is Cc1nsc([C@H]2CC[C@H](C(=O)NN)CC2)n1. The Hall–Kier alpha value is -1.01. The average molecular weight is 240 g/mol. The third-order valence-electron chi connectivity index (χ3n) is 3.13. The van der Waals surface area contributed by atoms with Crippen LogP contribution in [0.15, 0.2) is 0 Å². The van der Waals surface area contributed by atoms with E-state index in [0.29, 0.717) is 5.92 Å². The van der Waals surface area contributed by atoms with Gasteiger partial charge in [0.1, 0.15) is 10.8 Å². The molecule has 0 unspecified atom stereocenters. The van der Waals surface area contributed by atoms with Crippen LogP contribution in [-0.4, -0.2) is 15.3 Å². The molecule has 3 N–H and O–H groups in total. The first-order chi connectivity index (χ1) is 7.70. The Bertz CT molecular complexity index is 371. The van der Waals surface area contributed by atoms with Gasteiger partial charge in [-0.3, -0.25) is 10.2 Å². The van der Waals surface area contributed by atoms with Crippen LogP contribution in [0, 0.1) is 12.8 Å². The number of amides is 1. The maximum atomic E-state index is 11.4. The van der Waals surface area contributed by atoms with Gasteiger partial charge in [0.05, 0.1) is 0 Å². The van der Waals surface area contributed by atoms with E-state index < -0.39 is 0 Å². The van der Waals surface area contributed by atoms with Crippen molar-refractivity contribution in [3.8, 4) is 0 Å². The molecule has 1 heterocycles. The van der Waals surface area contributed by atoms with Crippen LogP contribution in [-0.2, 0) is 4.79 Å². The summed E-state index contributed by atoms with van der Waals surface area (Å²) in [7, 11) is 0. The highest BCUT2D eigenvalue weighted by Gasteiger charge is 2.28. The second kappa shape index (κ2) is 4.88. The molecule has 1 aromatic rings. The monoisotopic (exact) mass is 240 g/mol. The summed E-state index contributed by atoms with van der Waals surface area (Å²) in [6.07, 6.45) is 3.80. The van der Waals surface area contributed by atoms with Gasteiger partial charge in [-0.05, 0) is 44.1 Å². The lowest BCUT2D eigenvalue weighted by atomic mass is 9.82. The molecule has 0 atom stereocenters.